The highest BCUT2D eigenvalue weighted by Crippen LogP contribution is 2.58. The van der Waals surface area contributed by atoms with Gasteiger partial charge < -0.3 is 9.64 Å². The van der Waals surface area contributed by atoms with Crippen LogP contribution in [0.1, 0.15) is 104 Å². The minimum absolute atomic E-state index is 0.117. The van der Waals surface area contributed by atoms with E-state index in [2.05, 4.69) is 234 Å². The third-order valence-electron chi connectivity index (χ3n) is 13.7. The van der Waals surface area contributed by atoms with Crippen molar-refractivity contribution < 1.29 is 4.74 Å². The molecule has 2 nitrogen and oxygen atoms in total. The summed E-state index contributed by atoms with van der Waals surface area (Å²) < 4.78 is 6.49. The summed E-state index contributed by atoms with van der Waals surface area (Å²) in [6.45, 7) is 13.8. The lowest BCUT2D eigenvalue weighted by Gasteiger charge is -2.35. The highest BCUT2D eigenvalue weighted by Gasteiger charge is 2.46. The van der Waals surface area contributed by atoms with E-state index in [1.165, 1.54) is 66.8 Å². The zero-order valence-corrected chi connectivity index (χ0v) is 36.1. The Labute approximate surface area is 362 Å². The van der Waals surface area contributed by atoms with Gasteiger partial charge in [0.1, 0.15) is 11.5 Å². The number of benzene rings is 8. The van der Waals surface area contributed by atoms with Gasteiger partial charge in [0.25, 0.3) is 0 Å². The normalized spacial score (nSPS) is 16.0. The second-order valence-corrected chi connectivity index (χ2v) is 17.9. The molecule has 61 heavy (non-hydrogen) atoms. The van der Waals surface area contributed by atoms with Crippen LogP contribution < -0.4 is 9.64 Å². The molecule has 10 rings (SSSR count). The molecule has 2 aliphatic carbocycles. The van der Waals surface area contributed by atoms with Crippen LogP contribution in [0.3, 0.4) is 0 Å². The number of hydrogen-bond donors (Lipinski definition) is 0. The van der Waals surface area contributed by atoms with E-state index in [0.717, 1.165) is 35.0 Å². The number of nitrogens with zero attached hydrogens (tertiary/aromatic N) is 1. The summed E-state index contributed by atoms with van der Waals surface area (Å²) in [7, 11) is 0. The number of anilines is 3. The Bertz CT molecular complexity index is 2870. The summed E-state index contributed by atoms with van der Waals surface area (Å²) in [6, 6.07) is 69.8. The molecule has 0 heterocycles. The van der Waals surface area contributed by atoms with Crippen LogP contribution >= 0.6 is 0 Å². The summed E-state index contributed by atoms with van der Waals surface area (Å²) in [5, 5.41) is 0. The van der Waals surface area contributed by atoms with Gasteiger partial charge in [0.15, 0.2) is 0 Å². The molecule has 8 aromatic rings. The topological polar surface area (TPSA) is 12.5 Å². The van der Waals surface area contributed by atoms with Gasteiger partial charge in [-0.1, -0.05) is 169 Å². The lowest BCUT2D eigenvalue weighted by molar-refractivity contribution is 0.481. The zero-order chi connectivity index (χ0) is 41.9. The molecule has 2 unspecified atom stereocenters. The predicted octanol–water partition coefficient (Wildman–Crippen LogP) is 16.3. The van der Waals surface area contributed by atoms with E-state index in [1.807, 2.05) is 0 Å². The molecule has 0 saturated carbocycles. The van der Waals surface area contributed by atoms with Crippen LogP contribution in [0, 0.1) is 0 Å². The van der Waals surface area contributed by atoms with Crippen LogP contribution in [0.15, 0.2) is 188 Å². The Morgan fingerprint density at radius 1 is 0.443 bits per heavy atom. The third-order valence-corrected chi connectivity index (χ3v) is 13.7. The van der Waals surface area contributed by atoms with Gasteiger partial charge in [0.05, 0.1) is 5.41 Å². The lowest BCUT2D eigenvalue weighted by Crippen LogP contribution is -2.29. The molecule has 0 spiro atoms. The van der Waals surface area contributed by atoms with Crippen molar-refractivity contribution in [1.29, 1.82) is 0 Å². The van der Waals surface area contributed by atoms with Gasteiger partial charge >= 0.3 is 0 Å². The summed E-state index contributed by atoms with van der Waals surface area (Å²) in [5.41, 5.74) is 18.3. The molecule has 0 amide bonds. The number of ether oxygens (including phenoxy) is 1. The molecule has 300 valence electrons. The second-order valence-electron chi connectivity index (χ2n) is 17.9. The summed E-state index contributed by atoms with van der Waals surface area (Å²) in [6.07, 6.45) is 1.11. The Kier molecular flexibility index (Phi) is 9.56. The van der Waals surface area contributed by atoms with E-state index >= 15 is 0 Å². The van der Waals surface area contributed by atoms with E-state index < -0.39 is 5.41 Å². The smallest absolute Gasteiger partial charge is 0.127 e. The van der Waals surface area contributed by atoms with Crippen molar-refractivity contribution in [2.45, 2.75) is 70.6 Å². The summed E-state index contributed by atoms with van der Waals surface area (Å²) in [5.74, 6) is 2.62. The van der Waals surface area contributed by atoms with E-state index in [4.69, 9.17) is 4.74 Å². The minimum atomic E-state index is -0.585. The second kappa shape index (κ2) is 15.1. The largest absolute Gasteiger partial charge is 0.457 e. The minimum Gasteiger partial charge on any atom is -0.457 e. The molecule has 0 N–H and O–H groups in total. The highest BCUT2D eigenvalue weighted by atomic mass is 16.5. The highest BCUT2D eigenvalue weighted by molar-refractivity contribution is 5.90. The first-order valence-electron chi connectivity index (χ1n) is 22.0. The molecule has 0 saturated heterocycles. The van der Waals surface area contributed by atoms with Crippen molar-refractivity contribution in [3.63, 3.8) is 0 Å². The Hall–Kier alpha value is -6.64. The van der Waals surface area contributed by atoms with Crippen molar-refractivity contribution in [2.24, 2.45) is 0 Å². The van der Waals surface area contributed by atoms with Gasteiger partial charge in [-0.05, 0) is 146 Å². The molecule has 0 aliphatic heterocycles. The van der Waals surface area contributed by atoms with Crippen LogP contribution in [0.2, 0.25) is 0 Å². The third kappa shape index (κ3) is 6.31. The van der Waals surface area contributed by atoms with Crippen LogP contribution in [0.25, 0.3) is 22.3 Å². The molecule has 8 aromatic carbocycles. The monoisotopic (exact) mass is 791 g/mol. The molecule has 2 heteroatoms. The van der Waals surface area contributed by atoms with Crippen molar-refractivity contribution >= 4 is 17.1 Å². The average Bonchev–Trinajstić information content (AvgIpc) is 3.72. The van der Waals surface area contributed by atoms with Gasteiger partial charge in [-0.15, -0.1) is 0 Å². The molecule has 2 aliphatic rings. The molecule has 2 atom stereocenters. The molecular formula is C59H53NO. The average molecular weight is 792 g/mol. The Morgan fingerprint density at radius 2 is 0.918 bits per heavy atom. The number of rotatable bonds is 10. The van der Waals surface area contributed by atoms with Gasteiger partial charge in [0, 0.05) is 22.5 Å². The van der Waals surface area contributed by atoms with Crippen LogP contribution in [-0.4, -0.2) is 0 Å². The van der Waals surface area contributed by atoms with Crippen LogP contribution in [0.5, 0.6) is 11.5 Å². The first-order valence-corrected chi connectivity index (χ1v) is 22.0. The fraction of sp³-hybridized carbons (Fsp3) is 0.186. The van der Waals surface area contributed by atoms with E-state index in [9.17, 15) is 0 Å². The maximum absolute atomic E-state index is 6.49. The zero-order valence-electron chi connectivity index (χ0n) is 36.1. The maximum Gasteiger partial charge on any atom is 0.127 e. The lowest BCUT2D eigenvalue weighted by atomic mass is 9.67. The van der Waals surface area contributed by atoms with Crippen molar-refractivity contribution in [1.82, 2.24) is 0 Å². The predicted molar refractivity (Wildman–Crippen MR) is 255 cm³/mol. The molecule has 0 fully saturated rings. The van der Waals surface area contributed by atoms with Gasteiger partial charge in [-0.3, -0.25) is 0 Å². The van der Waals surface area contributed by atoms with E-state index in [1.54, 1.807) is 0 Å². The standard InChI is InChI=1S/C59H53NO/c1-7-40(4)42-23-31-48(32-24-42)61-49-33-27-44(28-34-49)59(43-25-21-41(22-26-43)39(2)3)55-20-14-12-18-51(55)53-36-30-47(38-57(53)59)60(45-15-9-8-10-16-45)46-29-35-52-50-17-11-13-19-54(50)58(5,6)56(52)37-46/h8-40H,7H2,1-6H3. The fourth-order valence-corrected chi connectivity index (χ4v) is 10.2. The van der Waals surface area contributed by atoms with Gasteiger partial charge in [-0.25, -0.2) is 0 Å². The maximum atomic E-state index is 6.49. The Balaban J connectivity index is 1.15. The summed E-state index contributed by atoms with van der Waals surface area (Å²) >= 11 is 0. The van der Waals surface area contributed by atoms with Crippen molar-refractivity contribution in [3.05, 3.63) is 233 Å². The molecule has 0 aromatic heterocycles. The van der Waals surface area contributed by atoms with E-state index in [-0.39, 0.29) is 5.41 Å². The van der Waals surface area contributed by atoms with Crippen molar-refractivity contribution in [3.8, 4) is 33.8 Å². The van der Waals surface area contributed by atoms with Crippen LogP contribution in [-0.2, 0) is 10.8 Å². The fourth-order valence-electron chi connectivity index (χ4n) is 10.2. The first kappa shape index (κ1) is 38.6. The first-order chi connectivity index (χ1) is 29.7. The summed E-state index contributed by atoms with van der Waals surface area (Å²) in [4.78, 5) is 2.44. The molecule has 0 radical (unpaired) electrons. The van der Waals surface area contributed by atoms with Crippen molar-refractivity contribution in [2.75, 3.05) is 4.90 Å². The number of para-hydroxylation sites is 1. The number of fused-ring (bicyclic) bond motifs is 6. The molecule has 0 bridgehead atoms. The van der Waals surface area contributed by atoms with E-state index in [0.29, 0.717) is 11.8 Å². The van der Waals surface area contributed by atoms with Gasteiger partial charge in [0.2, 0.25) is 0 Å². The number of hydrogen-bond acceptors (Lipinski definition) is 2. The van der Waals surface area contributed by atoms with Crippen LogP contribution in [0.4, 0.5) is 17.1 Å². The molecular weight excluding hydrogens is 739 g/mol. The van der Waals surface area contributed by atoms with Gasteiger partial charge in [-0.2, -0.15) is 0 Å². The quantitative estimate of drug-likeness (QED) is 0.137. The Morgan fingerprint density at radius 3 is 1.52 bits per heavy atom. The SMILES string of the molecule is CCC(C)c1ccc(Oc2ccc(C3(c4ccc(C(C)C)cc4)c4ccccc4-c4ccc(N(c5ccccc5)c5ccc6c(c5)C(C)(C)c5ccccc5-6)cc43)cc2)cc1.